The summed E-state index contributed by atoms with van der Waals surface area (Å²) < 4.78 is 22.4. The van der Waals surface area contributed by atoms with Crippen molar-refractivity contribution in [2.24, 2.45) is 5.92 Å². The van der Waals surface area contributed by atoms with Gasteiger partial charge in [0.15, 0.2) is 5.79 Å². The van der Waals surface area contributed by atoms with Gasteiger partial charge in [0.25, 0.3) is 0 Å². The van der Waals surface area contributed by atoms with E-state index < -0.39 is 5.79 Å². The van der Waals surface area contributed by atoms with Crippen molar-refractivity contribution in [3.63, 3.8) is 0 Å². The Balaban J connectivity index is 1.40. The van der Waals surface area contributed by atoms with Crippen molar-refractivity contribution in [3.05, 3.63) is 24.5 Å². The average molecular weight is 321 g/mol. The van der Waals surface area contributed by atoms with E-state index in [-0.39, 0.29) is 18.0 Å². The van der Waals surface area contributed by atoms with E-state index in [0.29, 0.717) is 25.6 Å². The summed E-state index contributed by atoms with van der Waals surface area (Å²) in [5.74, 6) is 0.00571. The molecule has 1 aliphatic heterocycles. The van der Waals surface area contributed by atoms with Crippen LogP contribution < -0.4 is 4.74 Å². The molecule has 1 saturated carbocycles. The Morgan fingerprint density at radius 3 is 2.78 bits per heavy atom. The van der Waals surface area contributed by atoms with E-state index in [0.717, 1.165) is 25.7 Å². The predicted octanol–water partition coefficient (Wildman–Crippen LogP) is 2.33. The van der Waals surface area contributed by atoms with Crippen LogP contribution in [0.25, 0.3) is 0 Å². The molecule has 2 fully saturated rings. The molecular weight excluding hydrogens is 298 g/mol. The quantitative estimate of drug-likeness (QED) is 0.776. The molecule has 0 bridgehead atoms. The number of hydrogen-bond donors (Lipinski definition) is 0. The second kappa shape index (κ2) is 7.27. The Morgan fingerprint density at radius 2 is 2.13 bits per heavy atom. The second-order valence-electron chi connectivity index (χ2n) is 6.13. The van der Waals surface area contributed by atoms with Crippen LogP contribution in [0.5, 0.6) is 5.75 Å². The maximum absolute atomic E-state index is 12.3. The Hall–Kier alpha value is -1.66. The summed E-state index contributed by atoms with van der Waals surface area (Å²) in [4.78, 5) is 16.2. The van der Waals surface area contributed by atoms with E-state index in [2.05, 4.69) is 4.98 Å². The molecule has 23 heavy (non-hydrogen) atoms. The highest BCUT2D eigenvalue weighted by Crippen LogP contribution is 2.38. The van der Waals surface area contributed by atoms with Crippen LogP contribution in [0.1, 0.15) is 32.6 Å². The van der Waals surface area contributed by atoms with Crippen LogP contribution in [-0.4, -0.2) is 42.7 Å². The molecule has 0 N–H and O–H groups in total. The summed E-state index contributed by atoms with van der Waals surface area (Å²) in [5.41, 5.74) is 0. The summed E-state index contributed by atoms with van der Waals surface area (Å²) in [6, 6.07) is 3.63. The summed E-state index contributed by atoms with van der Waals surface area (Å²) in [6.45, 7) is 3.46. The maximum Gasteiger partial charge on any atom is 0.309 e. The second-order valence-corrected chi connectivity index (χ2v) is 6.13. The highest BCUT2D eigenvalue weighted by Gasteiger charge is 2.42. The number of nitrogens with zero attached hydrogens (tertiary/aromatic N) is 1. The number of carbonyl (C=O) groups is 1. The fraction of sp³-hybridized carbons (Fsp3) is 0.647. The summed E-state index contributed by atoms with van der Waals surface area (Å²) in [7, 11) is 0. The van der Waals surface area contributed by atoms with Crippen molar-refractivity contribution >= 4 is 5.97 Å². The van der Waals surface area contributed by atoms with Gasteiger partial charge in [-0.25, -0.2) is 0 Å². The van der Waals surface area contributed by atoms with Gasteiger partial charge in [0.1, 0.15) is 18.5 Å². The van der Waals surface area contributed by atoms with Crippen LogP contribution in [0, 0.1) is 5.92 Å². The summed E-state index contributed by atoms with van der Waals surface area (Å²) in [5, 5.41) is 0. The maximum atomic E-state index is 12.3. The van der Waals surface area contributed by atoms with Gasteiger partial charge in [0.05, 0.1) is 25.3 Å². The molecule has 0 amide bonds. The number of pyridine rings is 1. The zero-order chi connectivity index (χ0) is 16.1. The van der Waals surface area contributed by atoms with E-state index in [9.17, 15) is 4.79 Å². The van der Waals surface area contributed by atoms with Gasteiger partial charge < -0.3 is 18.9 Å². The molecule has 3 rings (SSSR count). The van der Waals surface area contributed by atoms with Gasteiger partial charge in [0.2, 0.25) is 0 Å². The van der Waals surface area contributed by atoms with Gasteiger partial charge in [-0.3, -0.25) is 9.78 Å². The molecule has 1 aromatic rings. The number of aromatic nitrogens is 1. The molecule has 2 heterocycles. The molecule has 126 valence electrons. The zero-order valence-electron chi connectivity index (χ0n) is 13.4. The van der Waals surface area contributed by atoms with E-state index in [1.807, 2.05) is 13.0 Å². The minimum atomic E-state index is -0.439. The Labute approximate surface area is 136 Å². The lowest BCUT2D eigenvalue weighted by Crippen LogP contribution is -2.38. The third-order valence-electron chi connectivity index (χ3n) is 4.33. The first-order valence-electron chi connectivity index (χ1n) is 8.18. The molecule has 1 aromatic heterocycles. The molecule has 6 nitrogen and oxygen atoms in total. The van der Waals surface area contributed by atoms with Crippen molar-refractivity contribution in [2.75, 3.05) is 19.8 Å². The zero-order valence-corrected chi connectivity index (χ0v) is 13.4. The van der Waals surface area contributed by atoms with E-state index in [4.69, 9.17) is 18.9 Å². The lowest BCUT2D eigenvalue weighted by atomic mass is 9.85. The Kier molecular flexibility index (Phi) is 5.13. The molecule has 1 unspecified atom stereocenters. The van der Waals surface area contributed by atoms with Crippen molar-refractivity contribution in [2.45, 2.75) is 44.5 Å². The van der Waals surface area contributed by atoms with Crippen molar-refractivity contribution in [1.29, 1.82) is 0 Å². The van der Waals surface area contributed by atoms with Gasteiger partial charge in [-0.15, -0.1) is 0 Å². The highest BCUT2D eigenvalue weighted by atomic mass is 16.7. The largest absolute Gasteiger partial charge is 0.488 e. The molecule has 1 saturated heterocycles. The lowest BCUT2D eigenvalue weighted by Gasteiger charge is -2.34. The first-order chi connectivity index (χ1) is 11.2. The lowest BCUT2D eigenvalue weighted by molar-refractivity contribution is -0.189. The first-order valence-corrected chi connectivity index (χ1v) is 8.18. The summed E-state index contributed by atoms with van der Waals surface area (Å²) >= 11 is 0. The molecule has 2 aliphatic rings. The van der Waals surface area contributed by atoms with Gasteiger partial charge in [0, 0.05) is 19.0 Å². The molecule has 0 radical (unpaired) electrons. The van der Waals surface area contributed by atoms with Crippen LogP contribution in [0.2, 0.25) is 0 Å². The normalized spacial score (nSPS) is 22.0. The fourth-order valence-corrected chi connectivity index (χ4v) is 3.05. The molecule has 6 heteroatoms. The molecular formula is C17H23NO5. The fourth-order valence-electron chi connectivity index (χ4n) is 3.05. The third-order valence-corrected chi connectivity index (χ3v) is 4.33. The van der Waals surface area contributed by atoms with Crippen LogP contribution in [0.3, 0.4) is 0 Å². The summed E-state index contributed by atoms with van der Waals surface area (Å²) in [6.07, 6.45) is 6.03. The van der Waals surface area contributed by atoms with Crippen molar-refractivity contribution in [3.8, 4) is 5.75 Å². The van der Waals surface area contributed by atoms with Crippen LogP contribution in [0.4, 0.5) is 0 Å². The van der Waals surface area contributed by atoms with Crippen LogP contribution >= 0.6 is 0 Å². The minimum absolute atomic E-state index is 0.0748. The van der Waals surface area contributed by atoms with Crippen molar-refractivity contribution < 1.29 is 23.7 Å². The SMILES string of the molecule is CC(COc1cccnc1)OC(=O)C1CCC2(CC1)OCCO2. The minimum Gasteiger partial charge on any atom is -0.488 e. The monoisotopic (exact) mass is 321 g/mol. The number of ether oxygens (including phenoxy) is 4. The molecule has 1 aliphatic carbocycles. The highest BCUT2D eigenvalue weighted by molar-refractivity contribution is 5.72. The van der Waals surface area contributed by atoms with E-state index >= 15 is 0 Å². The molecule has 1 atom stereocenters. The Morgan fingerprint density at radius 1 is 1.39 bits per heavy atom. The standard InChI is InChI=1S/C17H23NO5/c1-13(12-20-15-3-2-8-18-11-15)23-16(19)14-4-6-17(7-5-14)21-9-10-22-17/h2-3,8,11,13-14H,4-7,9-10,12H2,1H3. The smallest absolute Gasteiger partial charge is 0.309 e. The van der Waals surface area contributed by atoms with E-state index in [1.54, 1.807) is 18.5 Å². The van der Waals surface area contributed by atoms with E-state index in [1.165, 1.54) is 0 Å². The van der Waals surface area contributed by atoms with Gasteiger partial charge >= 0.3 is 5.97 Å². The average Bonchev–Trinajstić information content (AvgIpc) is 3.02. The number of hydrogen-bond acceptors (Lipinski definition) is 6. The number of esters is 1. The van der Waals surface area contributed by atoms with Gasteiger partial charge in [-0.1, -0.05) is 0 Å². The van der Waals surface area contributed by atoms with Crippen LogP contribution in [-0.2, 0) is 19.0 Å². The van der Waals surface area contributed by atoms with Gasteiger partial charge in [-0.2, -0.15) is 0 Å². The number of rotatable bonds is 5. The molecule has 1 spiro atoms. The molecule has 0 aromatic carbocycles. The predicted molar refractivity (Wildman–Crippen MR) is 81.9 cm³/mol. The topological polar surface area (TPSA) is 66.9 Å². The van der Waals surface area contributed by atoms with Crippen LogP contribution in [0.15, 0.2) is 24.5 Å². The third kappa shape index (κ3) is 4.20. The van der Waals surface area contributed by atoms with Crippen molar-refractivity contribution in [1.82, 2.24) is 4.98 Å². The Bertz CT molecular complexity index is 505. The number of carbonyl (C=O) groups excluding carboxylic acids is 1. The van der Waals surface area contributed by atoms with Gasteiger partial charge in [-0.05, 0) is 31.9 Å². The first kappa shape index (κ1) is 16.2.